The van der Waals surface area contributed by atoms with E-state index in [2.05, 4.69) is 0 Å². The highest BCUT2D eigenvalue weighted by atomic mass is 32.2. The van der Waals surface area contributed by atoms with Gasteiger partial charge in [0.25, 0.3) is 10.0 Å². The molecule has 1 unspecified atom stereocenters. The van der Waals surface area contributed by atoms with Crippen molar-refractivity contribution in [1.29, 1.82) is 5.26 Å². The quantitative estimate of drug-likeness (QED) is 0.862. The maximum Gasteiger partial charge on any atom is 0.252 e. The molecule has 2 fully saturated rings. The van der Waals surface area contributed by atoms with Crippen molar-refractivity contribution in [1.82, 2.24) is 4.31 Å². The summed E-state index contributed by atoms with van der Waals surface area (Å²) in [7, 11) is -3.41. The molecule has 6 heteroatoms. The van der Waals surface area contributed by atoms with Crippen LogP contribution >= 0.6 is 11.3 Å². The normalized spacial score (nSPS) is 25.1. The zero-order valence-corrected chi connectivity index (χ0v) is 12.9. The molecule has 0 amide bonds. The topological polar surface area (TPSA) is 61.2 Å². The lowest BCUT2D eigenvalue weighted by atomic mass is 9.97. The molecule has 0 spiro atoms. The van der Waals surface area contributed by atoms with Crippen LogP contribution in [0.4, 0.5) is 0 Å². The highest BCUT2D eigenvalue weighted by molar-refractivity contribution is 7.91. The minimum absolute atomic E-state index is 0.176. The molecule has 1 saturated carbocycles. The van der Waals surface area contributed by atoms with Crippen LogP contribution in [-0.4, -0.2) is 25.3 Å². The van der Waals surface area contributed by atoms with Crippen LogP contribution in [0.25, 0.3) is 0 Å². The Morgan fingerprint density at radius 2 is 1.95 bits per heavy atom. The molecular weight excluding hydrogens is 292 g/mol. The molecule has 4 nitrogen and oxygen atoms in total. The van der Waals surface area contributed by atoms with Crippen LogP contribution in [0, 0.1) is 17.2 Å². The molecule has 1 atom stereocenters. The fraction of sp³-hybridized carbons (Fsp3) is 0.643. The molecule has 2 aliphatic rings. The van der Waals surface area contributed by atoms with E-state index in [1.165, 1.54) is 12.8 Å². The third kappa shape index (κ3) is 2.39. The number of nitrogens with zero attached hydrogens (tertiary/aromatic N) is 2. The van der Waals surface area contributed by atoms with Crippen molar-refractivity contribution in [3.05, 3.63) is 17.0 Å². The van der Waals surface area contributed by atoms with E-state index < -0.39 is 10.0 Å². The minimum atomic E-state index is -3.41. The summed E-state index contributed by atoms with van der Waals surface area (Å²) in [6.45, 7) is 0.628. The van der Waals surface area contributed by atoms with Crippen molar-refractivity contribution >= 4 is 21.4 Å². The zero-order valence-electron chi connectivity index (χ0n) is 11.3. The van der Waals surface area contributed by atoms with Gasteiger partial charge in [-0.25, -0.2) is 8.42 Å². The highest BCUT2D eigenvalue weighted by Gasteiger charge is 2.40. The van der Waals surface area contributed by atoms with Gasteiger partial charge in [0, 0.05) is 12.6 Å². The van der Waals surface area contributed by atoms with Crippen molar-refractivity contribution in [2.24, 2.45) is 5.92 Å². The van der Waals surface area contributed by atoms with Gasteiger partial charge in [-0.3, -0.25) is 0 Å². The summed E-state index contributed by atoms with van der Waals surface area (Å²) in [6.07, 6.45) is 6.71. The summed E-state index contributed by atoms with van der Waals surface area (Å²) in [6, 6.07) is 5.36. The number of rotatable bonds is 3. The van der Waals surface area contributed by atoms with E-state index in [1.807, 2.05) is 6.07 Å². The summed E-state index contributed by atoms with van der Waals surface area (Å²) in [5.74, 6) is 0.530. The Balaban J connectivity index is 1.87. The maximum atomic E-state index is 12.8. The number of hydrogen-bond acceptors (Lipinski definition) is 4. The fourth-order valence-electron chi connectivity index (χ4n) is 3.51. The monoisotopic (exact) mass is 310 g/mol. The van der Waals surface area contributed by atoms with E-state index in [9.17, 15) is 8.42 Å². The summed E-state index contributed by atoms with van der Waals surface area (Å²) < 4.78 is 27.5. The van der Waals surface area contributed by atoms with Gasteiger partial charge in [-0.15, -0.1) is 11.3 Å². The van der Waals surface area contributed by atoms with Crippen LogP contribution in [0.1, 0.15) is 43.4 Å². The van der Waals surface area contributed by atoms with Gasteiger partial charge >= 0.3 is 0 Å². The van der Waals surface area contributed by atoms with Crippen LogP contribution in [0.5, 0.6) is 0 Å². The highest BCUT2D eigenvalue weighted by Crippen LogP contribution is 2.38. The Morgan fingerprint density at radius 1 is 1.20 bits per heavy atom. The van der Waals surface area contributed by atoms with Gasteiger partial charge in [-0.2, -0.15) is 9.57 Å². The summed E-state index contributed by atoms with van der Waals surface area (Å²) in [5.41, 5.74) is 0. The van der Waals surface area contributed by atoms with E-state index >= 15 is 0 Å². The molecule has 1 aliphatic carbocycles. The molecule has 2 heterocycles. The first-order valence-electron chi connectivity index (χ1n) is 7.15. The van der Waals surface area contributed by atoms with E-state index in [-0.39, 0.29) is 6.04 Å². The Kier molecular flexibility index (Phi) is 3.85. The van der Waals surface area contributed by atoms with Crippen molar-refractivity contribution < 1.29 is 8.42 Å². The second-order valence-electron chi connectivity index (χ2n) is 5.60. The van der Waals surface area contributed by atoms with Gasteiger partial charge < -0.3 is 0 Å². The number of sulfonamides is 1. The third-order valence-electron chi connectivity index (χ3n) is 4.45. The van der Waals surface area contributed by atoms with Gasteiger partial charge in [0.05, 0.1) is 0 Å². The van der Waals surface area contributed by atoms with Crippen molar-refractivity contribution in [2.45, 2.75) is 48.8 Å². The standard InChI is InChI=1S/C14H18N2O2S2/c15-10-12-7-8-14(19-12)20(17,18)16-9-3-6-13(16)11-4-1-2-5-11/h7-8,11,13H,1-6,9H2. The molecule has 1 saturated heterocycles. The SMILES string of the molecule is N#Cc1ccc(S(=O)(=O)N2CCCC2C2CCCC2)s1. The van der Waals surface area contributed by atoms with Crippen LogP contribution in [0.15, 0.2) is 16.3 Å². The predicted molar refractivity (Wildman–Crippen MR) is 77.9 cm³/mol. The number of nitriles is 1. The molecule has 1 aromatic heterocycles. The van der Waals surface area contributed by atoms with Gasteiger partial charge in [0.15, 0.2) is 0 Å². The predicted octanol–water partition coefficient (Wildman–Crippen LogP) is 2.96. The first-order chi connectivity index (χ1) is 9.63. The smallest absolute Gasteiger partial charge is 0.206 e. The molecule has 1 aliphatic heterocycles. The molecule has 3 rings (SSSR count). The summed E-state index contributed by atoms with van der Waals surface area (Å²) in [5, 5.41) is 8.86. The van der Waals surface area contributed by atoms with Crippen LogP contribution in [0.2, 0.25) is 0 Å². The van der Waals surface area contributed by atoms with Crippen LogP contribution in [-0.2, 0) is 10.0 Å². The van der Waals surface area contributed by atoms with Gasteiger partial charge in [0.2, 0.25) is 0 Å². The van der Waals surface area contributed by atoms with Crippen molar-refractivity contribution in [2.75, 3.05) is 6.54 Å². The Hall–Kier alpha value is -0.900. The molecule has 0 N–H and O–H groups in total. The van der Waals surface area contributed by atoms with Crippen molar-refractivity contribution in [3.63, 3.8) is 0 Å². The summed E-state index contributed by atoms with van der Waals surface area (Å²) in [4.78, 5) is 0.459. The average molecular weight is 310 g/mol. The van der Waals surface area contributed by atoms with Crippen LogP contribution in [0.3, 0.4) is 0 Å². The molecule has 108 valence electrons. The largest absolute Gasteiger partial charge is 0.252 e. The molecular formula is C14H18N2O2S2. The minimum Gasteiger partial charge on any atom is -0.206 e. The lowest BCUT2D eigenvalue weighted by Crippen LogP contribution is -2.39. The lowest BCUT2D eigenvalue weighted by Gasteiger charge is -2.28. The van der Waals surface area contributed by atoms with Crippen LogP contribution < -0.4 is 0 Å². The van der Waals surface area contributed by atoms with E-state index in [0.717, 1.165) is 37.0 Å². The third-order valence-corrected chi connectivity index (χ3v) is 7.83. The van der Waals surface area contributed by atoms with Crippen molar-refractivity contribution in [3.8, 4) is 6.07 Å². The second kappa shape index (κ2) is 5.47. The molecule has 1 aromatic rings. The summed E-state index contributed by atoms with van der Waals surface area (Å²) >= 11 is 1.08. The van der Waals surface area contributed by atoms with Gasteiger partial charge in [-0.1, -0.05) is 12.8 Å². The van der Waals surface area contributed by atoms with E-state index in [4.69, 9.17) is 5.26 Å². The number of hydrogen-bond donors (Lipinski definition) is 0. The first kappa shape index (κ1) is 14.1. The van der Waals surface area contributed by atoms with Gasteiger partial charge in [0.1, 0.15) is 15.2 Å². The molecule has 0 radical (unpaired) electrons. The lowest BCUT2D eigenvalue weighted by molar-refractivity contribution is 0.289. The number of thiophene rings is 1. The Bertz CT molecular complexity index is 624. The first-order valence-corrected chi connectivity index (χ1v) is 9.40. The van der Waals surface area contributed by atoms with E-state index in [1.54, 1.807) is 16.4 Å². The zero-order chi connectivity index (χ0) is 14.2. The van der Waals surface area contributed by atoms with Gasteiger partial charge in [-0.05, 0) is 43.7 Å². The molecule has 20 heavy (non-hydrogen) atoms. The Labute approximate surface area is 124 Å². The average Bonchev–Trinajstić information content (AvgIpc) is 3.17. The maximum absolute atomic E-state index is 12.8. The molecule has 0 aromatic carbocycles. The fourth-order valence-corrected chi connectivity index (χ4v) is 6.50. The Morgan fingerprint density at radius 3 is 2.60 bits per heavy atom. The second-order valence-corrected chi connectivity index (χ2v) is 8.80. The van der Waals surface area contributed by atoms with E-state index in [0.29, 0.717) is 21.5 Å². The molecule has 0 bridgehead atoms.